The van der Waals surface area contributed by atoms with E-state index in [1.165, 1.54) is 6.33 Å². The van der Waals surface area contributed by atoms with Crippen LogP contribution in [0.25, 0.3) is 5.69 Å². The maximum absolute atomic E-state index is 5.17. The van der Waals surface area contributed by atoms with Gasteiger partial charge in [0.05, 0.1) is 31.6 Å². The molecule has 3 aromatic rings. The minimum atomic E-state index is 0.538. The largest absolute Gasteiger partial charge is 0.497 e. The Morgan fingerprint density at radius 2 is 1.92 bits per heavy atom. The molecule has 0 atom stereocenters. The summed E-state index contributed by atoms with van der Waals surface area (Å²) in [7, 11) is 5.23. The topological polar surface area (TPSA) is 94.2 Å². The molecule has 1 aromatic carbocycles. The van der Waals surface area contributed by atoms with E-state index in [2.05, 4.69) is 30.8 Å². The number of hydrogen-bond acceptors (Lipinski definition) is 5. The van der Waals surface area contributed by atoms with Gasteiger partial charge in [-0.3, -0.25) is 9.67 Å². The fraction of sp³-hybridized carbons (Fsp3) is 0.294. The number of ether oxygens (including phenoxy) is 1. The lowest BCUT2D eigenvalue weighted by Crippen LogP contribution is -2.37. The third kappa shape index (κ3) is 4.18. The number of aryl methyl sites for hydroxylation is 1. The highest BCUT2D eigenvalue weighted by molar-refractivity contribution is 5.79. The van der Waals surface area contributed by atoms with Gasteiger partial charge in [-0.15, -0.1) is 0 Å². The van der Waals surface area contributed by atoms with Crippen molar-refractivity contribution in [3.63, 3.8) is 0 Å². The Hall–Kier alpha value is -3.36. The van der Waals surface area contributed by atoms with Crippen LogP contribution in [0.15, 0.2) is 47.8 Å². The monoisotopic (exact) mass is 354 g/mol. The Balaban J connectivity index is 1.55. The molecule has 0 spiro atoms. The first-order chi connectivity index (χ1) is 12.7. The molecule has 0 unspecified atom stereocenters. The van der Waals surface area contributed by atoms with E-state index in [0.29, 0.717) is 19.0 Å². The molecule has 0 aliphatic carbocycles. The first-order valence-electron chi connectivity index (χ1n) is 8.16. The average Bonchev–Trinajstić information content (AvgIpc) is 3.31. The highest BCUT2D eigenvalue weighted by atomic mass is 16.5. The zero-order chi connectivity index (χ0) is 18.4. The Morgan fingerprint density at radius 3 is 2.58 bits per heavy atom. The lowest BCUT2D eigenvalue weighted by Gasteiger charge is -2.10. The molecule has 0 saturated heterocycles. The molecule has 0 fully saturated rings. The van der Waals surface area contributed by atoms with Crippen LogP contribution in [-0.4, -0.2) is 44.7 Å². The third-order valence-corrected chi connectivity index (χ3v) is 3.86. The van der Waals surface area contributed by atoms with Gasteiger partial charge >= 0.3 is 0 Å². The van der Waals surface area contributed by atoms with Crippen LogP contribution in [0, 0.1) is 0 Å². The number of aromatic nitrogens is 5. The molecule has 0 radical (unpaired) electrons. The molecule has 3 rings (SSSR count). The molecule has 0 amide bonds. The molecule has 2 heterocycles. The summed E-state index contributed by atoms with van der Waals surface area (Å²) in [6, 6.07) is 9.71. The fourth-order valence-electron chi connectivity index (χ4n) is 2.37. The normalized spacial score (nSPS) is 11.4. The van der Waals surface area contributed by atoms with Crippen molar-refractivity contribution in [3.05, 3.63) is 54.4 Å². The average molecular weight is 354 g/mol. The molecule has 26 heavy (non-hydrogen) atoms. The summed E-state index contributed by atoms with van der Waals surface area (Å²) in [6.07, 6.45) is 3.45. The lowest BCUT2D eigenvalue weighted by molar-refractivity contribution is 0.414. The predicted molar refractivity (Wildman–Crippen MR) is 98.2 cm³/mol. The van der Waals surface area contributed by atoms with Crippen molar-refractivity contribution < 1.29 is 4.74 Å². The molecule has 2 N–H and O–H groups in total. The van der Waals surface area contributed by atoms with Gasteiger partial charge in [-0.25, -0.2) is 9.67 Å². The van der Waals surface area contributed by atoms with Crippen molar-refractivity contribution in [1.29, 1.82) is 0 Å². The summed E-state index contributed by atoms with van der Waals surface area (Å²) in [5.41, 5.74) is 1.88. The van der Waals surface area contributed by atoms with Gasteiger partial charge in [0.25, 0.3) is 0 Å². The quantitative estimate of drug-likeness (QED) is 0.504. The van der Waals surface area contributed by atoms with Crippen LogP contribution in [0.4, 0.5) is 0 Å². The third-order valence-electron chi connectivity index (χ3n) is 3.86. The van der Waals surface area contributed by atoms with Crippen LogP contribution in [0.3, 0.4) is 0 Å². The van der Waals surface area contributed by atoms with E-state index in [9.17, 15) is 0 Å². The summed E-state index contributed by atoms with van der Waals surface area (Å²) in [4.78, 5) is 8.38. The van der Waals surface area contributed by atoms with E-state index in [1.54, 1.807) is 18.8 Å². The molecule has 0 bridgehead atoms. The highest BCUT2D eigenvalue weighted by Gasteiger charge is 2.05. The van der Waals surface area contributed by atoms with Crippen LogP contribution in [0.2, 0.25) is 0 Å². The zero-order valence-electron chi connectivity index (χ0n) is 15.0. The van der Waals surface area contributed by atoms with Crippen molar-refractivity contribution in [3.8, 4) is 11.4 Å². The van der Waals surface area contributed by atoms with E-state index in [0.717, 1.165) is 23.0 Å². The first-order valence-corrected chi connectivity index (χ1v) is 8.16. The Labute approximate surface area is 151 Å². The van der Waals surface area contributed by atoms with Gasteiger partial charge in [0.2, 0.25) is 0 Å². The molecule has 9 heteroatoms. The summed E-state index contributed by atoms with van der Waals surface area (Å²) in [6.45, 7) is 1.10. The van der Waals surface area contributed by atoms with Crippen LogP contribution in [0.1, 0.15) is 11.5 Å². The molecule has 0 aliphatic rings. The maximum Gasteiger partial charge on any atom is 0.191 e. The predicted octanol–water partition coefficient (Wildman–Crippen LogP) is 0.875. The molecule has 0 aliphatic heterocycles. The second-order valence-corrected chi connectivity index (χ2v) is 5.53. The number of rotatable bonds is 6. The summed E-state index contributed by atoms with van der Waals surface area (Å²) < 4.78 is 8.72. The standard InChI is InChI=1S/C17H22N8O/c1-18-17(20-11-16-21-12-22-24(16)2)19-10-13-8-9-25(23-13)14-4-6-15(26-3)7-5-14/h4-9,12H,10-11H2,1-3H3,(H2,18,19,20). The van der Waals surface area contributed by atoms with E-state index in [-0.39, 0.29) is 0 Å². The van der Waals surface area contributed by atoms with Crippen LogP contribution in [-0.2, 0) is 20.1 Å². The molecule has 2 aromatic heterocycles. The lowest BCUT2D eigenvalue weighted by atomic mass is 10.3. The second kappa shape index (κ2) is 8.15. The summed E-state index contributed by atoms with van der Waals surface area (Å²) in [5.74, 6) is 2.32. The molecule has 0 saturated carbocycles. The van der Waals surface area contributed by atoms with Gasteiger partial charge < -0.3 is 15.4 Å². The van der Waals surface area contributed by atoms with Crippen LogP contribution >= 0.6 is 0 Å². The maximum atomic E-state index is 5.17. The van der Waals surface area contributed by atoms with E-state index >= 15 is 0 Å². The van der Waals surface area contributed by atoms with E-state index in [4.69, 9.17) is 4.74 Å². The minimum Gasteiger partial charge on any atom is -0.497 e. The number of guanidine groups is 1. The van der Waals surface area contributed by atoms with Crippen LogP contribution < -0.4 is 15.4 Å². The number of benzene rings is 1. The molecular weight excluding hydrogens is 332 g/mol. The fourth-order valence-corrected chi connectivity index (χ4v) is 2.37. The van der Waals surface area contributed by atoms with E-state index < -0.39 is 0 Å². The van der Waals surface area contributed by atoms with Gasteiger partial charge in [0.15, 0.2) is 5.96 Å². The van der Waals surface area contributed by atoms with Gasteiger partial charge in [-0.1, -0.05) is 0 Å². The Bertz CT molecular complexity index is 865. The van der Waals surface area contributed by atoms with Crippen molar-refractivity contribution in [2.45, 2.75) is 13.1 Å². The minimum absolute atomic E-state index is 0.538. The number of hydrogen-bond donors (Lipinski definition) is 2. The number of nitrogens with zero attached hydrogens (tertiary/aromatic N) is 6. The zero-order valence-corrected chi connectivity index (χ0v) is 15.0. The second-order valence-electron chi connectivity index (χ2n) is 5.53. The SMILES string of the molecule is CN=C(NCc1ccn(-c2ccc(OC)cc2)n1)NCc1ncnn1C. The van der Waals surface area contributed by atoms with Crippen molar-refractivity contribution in [2.75, 3.05) is 14.2 Å². The Kier molecular flexibility index (Phi) is 5.47. The van der Waals surface area contributed by atoms with Gasteiger partial charge in [-0.2, -0.15) is 10.2 Å². The van der Waals surface area contributed by atoms with Gasteiger partial charge in [-0.05, 0) is 30.3 Å². The summed E-state index contributed by atoms with van der Waals surface area (Å²) >= 11 is 0. The number of methoxy groups -OCH3 is 1. The smallest absolute Gasteiger partial charge is 0.191 e. The molecule has 9 nitrogen and oxygen atoms in total. The Morgan fingerprint density at radius 1 is 1.15 bits per heavy atom. The number of nitrogens with one attached hydrogen (secondary N) is 2. The van der Waals surface area contributed by atoms with Gasteiger partial charge in [0, 0.05) is 20.3 Å². The summed E-state index contributed by atoms with van der Waals surface area (Å²) in [5, 5.41) is 15.0. The van der Waals surface area contributed by atoms with Gasteiger partial charge in [0.1, 0.15) is 17.9 Å². The molecule has 136 valence electrons. The first kappa shape index (κ1) is 17.5. The van der Waals surface area contributed by atoms with Crippen molar-refractivity contribution >= 4 is 5.96 Å². The molecular formula is C17H22N8O. The van der Waals surface area contributed by atoms with Crippen molar-refractivity contribution in [1.82, 2.24) is 35.2 Å². The number of aliphatic imine (C=N–C) groups is 1. The van der Waals surface area contributed by atoms with Crippen LogP contribution in [0.5, 0.6) is 5.75 Å². The van der Waals surface area contributed by atoms with E-state index in [1.807, 2.05) is 48.3 Å². The highest BCUT2D eigenvalue weighted by Crippen LogP contribution is 2.14. The van der Waals surface area contributed by atoms with Crippen molar-refractivity contribution in [2.24, 2.45) is 12.0 Å².